The highest BCUT2D eigenvalue weighted by Crippen LogP contribution is 2.42. The zero-order valence-corrected chi connectivity index (χ0v) is 12.0. The Kier molecular flexibility index (Phi) is 3.81. The van der Waals surface area contributed by atoms with Crippen LogP contribution < -0.4 is 5.32 Å². The zero-order chi connectivity index (χ0) is 12.6. The fourth-order valence-corrected chi connectivity index (χ4v) is 3.83. The summed E-state index contributed by atoms with van der Waals surface area (Å²) in [4.78, 5) is 2.71. The van der Waals surface area contributed by atoms with Gasteiger partial charge in [0, 0.05) is 31.8 Å². The van der Waals surface area contributed by atoms with Crippen molar-refractivity contribution in [2.45, 2.75) is 39.3 Å². The molecule has 0 spiro atoms. The number of nitrogens with zero attached hydrogens (tertiary/aromatic N) is 1. The summed E-state index contributed by atoms with van der Waals surface area (Å²) < 4.78 is 5.44. The molecule has 0 amide bonds. The first-order valence-corrected chi connectivity index (χ1v) is 6.95. The molecule has 2 saturated heterocycles. The smallest absolute Gasteiger partial charge is 0.0620 e. The molecule has 0 aromatic heterocycles. The topological polar surface area (TPSA) is 24.5 Å². The molecule has 2 fully saturated rings. The van der Waals surface area contributed by atoms with Gasteiger partial charge in [-0.1, -0.05) is 13.8 Å². The molecule has 100 valence electrons. The summed E-state index contributed by atoms with van der Waals surface area (Å²) in [6.07, 6.45) is 0. The summed E-state index contributed by atoms with van der Waals surface area (Å²) >= 11 is 0. The molecule has 3 nitrogen and oxygen atoms in total. The van der Waals surface area contributed by atoms with E-state index in [4.69, 9.17) is 4.74 Å². The maximum absolute atomic E-state index is 5.44. The molecule has 2 heterocycles. The fraction of sp³-hybridized carbons (Fsp3) is 1.00. The minimum absolute atomic E-state index is 0.307. The number of hydrogen-bond donors (Lipinski definition) is 1. The molecule has 0 radical (unpaired) electrons. The molecule has 2 aliphatic heterocycles. The van der Waals surface area contributed by atoms with Gasteiger partial charge in [-0.15, -0.1) is 0 Å². The molecule has 17 heavy (non-hydrogen) atoms. The lowest BCUT2D eigenvalue weighted by Crippen LogP contribution is -2.53. The number of fused-ring (bicyclic) bond motifs is 1. The number of ether oxygens (including phenoxy) is 1. The summed E-state index contributed by atoms with van der Waals surface area (Å²) in [7, 11) is 1.82. The summed E-state index contributed by atoms with van der Waals surface area (Å²) in [6.45, 7) is 13.9. The van der Waals surface area contributed by atoms with Gasteiger partial charge >= 0.3 is 0 Å². The minimum atomic E-state index is 0.307. The Balaban J connectivity index is 2.15. The predicted molar refractivity (Wildman–Crippen MR) is 71.1 cm³/mol. The zero-order valence-electron chi connectivity index (χ0n) is 12.0. The normalized spacial score (nSPS) is 34.2. The molecule has 0 aromatic rings. The first-order chi connectivity index (χ1) is 7.98. The van der Waals surface area contributed by atoms with Crippen molar-refractivity contribution in [3.63, 3.8) is 0 Å². The van der Waals surface area contributed by atoms with Gasteiger partial charge in [-0.3, -0.25) is 4.90 Å². The van der Waals surface area contributed by atoms with Gasteiger partial charge in [0.05, 0.1) is 6.61 Å². The molecule has 1 N–H and O–H groups in total. The van der Waals surface area contributed by atoms with Crippen molar-refractivity contribution in [1.29, 1.82) is 0 Å². The van der Waals surface area contributed by atoms with Crippen LogP contribution in [0, 0.1) is 17.8 Å². The van der Waals surface area contributed by atoms with Crippen molar-refractivity contribution in [1.82, 2.24) is 10.2 Å². The van der Waals surface area contributed by atoms with Crippen molar-refractivity contribution in [2.75, 3.05) is 33.4 Å². The van der Waals surface area contributed by atoms with Crippen LogP contribution in [0.25, 0.3) is 0 Å². The SMILES string of the molecule is COCC(C(C)C)N1CC2CNCC2C1(C)C. The third-order valence-corrected chi connectivity index (χ3v) is 4.93. The van der Waals surface area contributed by atoms with Crippen molar-refractivity contribution in [3.8, 4) is 0 Å². The lowest BCUT2D eigenvalue weighted by atomic mass is 9.84. The van der Waals surface area contributed by atoms with Crippen LogP contribution in [-0.2, 0) is 4.74 Å². The van der Waals surface area contributed by atoms with E-state index in [-0.39, 0.29) is 0 Å². The van der Waals surface area contributed by atoms with E-state index < -0.39 is 0 Å². The number of nitrogens with one attached hydrogen (secondary N) is 1. The van der Waals surface area contributed by atoms with Crippen LogP contribution in [0.2, 0.25) is 0 Å². The second-order valence-corrected chi connectivity index (χ2v) is 6.60. The Morgan fingerprint density at radius 1 is 1.35 bits per heavy atom. The van der Waals surface area contributed by atoms with Gasteiger partial charge in [0.15, 0.2) is 0 Å². The second-order valence-electron chi connectivity index (χ2n) is 6.60. The average molecular weight is 240 g/mol. The molecule has 0 bridgehead atoms. The van der Waals surface area contributed by atoms with E-state index >= 15 is 0 Å². The minimum Gasteiger partial charge on any atom is -0.383 e. The van der Waals surface area contributed by atoms with E-state index in [9.17, 15) is 0 Å². The molecular formula is C14H28N2O. The van der Waals surface area contributed by atoms with E-state index in [2.05, 4.69) is 37.9 Å². The van der Waals surface area contributed by atoms with Gasteiger partial charge in [0.25, 0.3) is 0 Å². The highest BCUT2D eigenvalue weighted by molar-refractivity contribution is 5.06. The van der Waals surface area contributed by atoms with Crippen molar-refractivity contribution in [3.05, 3.63) is 0 Å². The summed E-state index contributed by atoms with van der Waals surface area (Å²) in [6, 6.07) is 0.556. The molecule has 3 heteroatoms. The first-order valence-electron chi connectivity index (χ1n) is 6.95. The molecule has 2 rings (SSSR count). The van der Waals surface area contributed by atoms with Crippen molar-refractivity contribution >= 4 is 0 Å². The highest BCUT2D eigenvalue weighted by Gasteiger charge is 2.51. The van der Waals surface area contributed by atoms with Gasteiger partial charge in [0.2, 0.25) is 0 Å². The molecule has 0 aromatic carbocycles. The van der Waals surface area contributed by atoms with Crippen LogP contribution in [0.15, 0.2) is 0 Å². The monoisotopic (exact) mass is 240 g/mol. The summed E-state index contributed by atoms with van der Waals surface area (Å²) in [5.41, 5.74) is 0.307. The molecule has 0 saturated carbocycles. The Morgan fingerprint density at radius 2 is 2.06 bits per heavy atom. The van der Waals surface area contributed by atoms with Crippen LogP contribution in [0.5, 0.6) is 0 Å². The highest BCUT2D eigenvalue weighted by atomic mass is 16.5. The lowest BCUT2D eigenvalue weighted by Gasteiger charge is -2.42. The van der Waals surface area contributed by atoms with E-state index in [1.165, 1.54) is 19.6 Å². The Labute approximate surface area is 106 Å². The molecule has 3 unspecified atom stereocenters. The Morgan fingerprint density at radius 3 is 2.59 bits per heavy atom. The van der Waals surface area contributed by atoms with E-state index in [1.54, 1.807) is 0 Å². The Bertz CT molecular complexity index is 265. The maximum Gasteiger partial charge on any atom is 0.0620 e. The lowest BCUT2D eigenvalue weighted by molar-refractivity contribution is 0.0154. The van der Waals surface area contributed by atoms with Gasteiger partial charge in [-0.2, -0.15) is 0 Å². The molecule has 2 aliphatic rings. The van der Waals surface area contributed by atoms with Gasteiger partial charge in [0.1, 0.15) is 0 Å². The quantitative estimate of drug-likeness (QED) is 0.807. The number of hydrogen-bond acceptors (Lipinski definition) is 3. The van der Waals surface area contributed by atoms with E-state index in [0.717, 1.165) is 18.4 Å². The van der Waals surface area contributed by atoms with E-state index in [0.29, 0.717) is 17.5 Å². The van der Waals surface area contributed by atoms with Gasteiger partial charge < -0.3 is 10.1 Å². The van der Waals surface area contributed by atoms with Crippen LogP contribution in [-0.4, -0.2) is 49.8 Å². The standard InChI is InChI=1S/C14H28N2O/c1-10(2)13(9-17-5)16-8-11-6-15-7-12(11)14(16,3)4/h10-13,15H,6-9H2,1-5H3. The van der Waals surface area contributed by atoms with Crippen molar-refractivity contribution in [2.24, 2.45) is 17.8 Å². The largest absolute Gasteiger partial charge is 0.383 e. The number of likely N-dealkylation sites (tertiary alicyclic amines) is 1. The third-order valence-electron chi connectivity index (χ3n) is 4.93. The maximum atomic E-state index is 5.44. The second kappa shape index (κ2) is 4.87. The summed E-state index contributed by atoms with van der Waals surface area (Å²) in [5, 5.41) is 3.54. The van der Waals surface area contributed by atoms with Crippen LogP contribution in [0.1, 0.15) is 27.7 Å². The van der Waals surface area contributed by atoms with Gasteiger partial charge in [-0.25, -0.2) is 0 Å². The van der Waals surface area contributed by atoms with Crippen LogP contribution in [0.3, 0.4) is 0 Å². The summed E-state index contributed by atoms with van der Waals surface area (Å²) in [5.74, 6) is 2.30. The average Bonchev–Trinajstić information content (AvgIpc) is 2.78. The number of methoxy groups -OCH3 is 1. The van der Waals surface area contributed by atoms with Crippen molar-refractivity contribution < 1.29 is 4.74 Å². The molecular weight excluding hydrogens is 212 g/mol. The van der Waals surface area contributed by atoms with Gasteiger partial charge in [-0.05, 0) is 38.1 Å². The fourth-order valence-electron chi connectivity index (χ4n) is 3.83. The van der Waals surface area contributed by atoms with E-state index in [1.807, 2.05) is 7.11 Å². The van der Waals surface area contributed by atoms with Crippen LogP contribution in [0.4, 0.5) is 0 Å². The predicted octanol–water partition coefficient (Wildman–Crippen LogP) is 1.59. The number of rotatable bonds is 4. The molecule has 0 aliphatic carbocycles. The van der Waals surface area contributed by atoms with Crippen LogP contribution >= 0.6 is 0 Å². The molecule has 3 atom stereocenters. The third kappa shape index (κ3) is 2.25. The Hall–Kier alpha value is -0.120. The first kappa shape index (κ1) is 13.3.